The molecule has 0 spiro atoms. The lowest BCUT2D eigenvalue weighted by atomic mass is 9.94. The fraction of sp³-hybridized carbons (Fsp3) is 0.304. The zero-order valence-electron chi connectivity index (χ0n) is 18.6. The minimum atomic E-state index is -5.26. The lowest BCUT2D eigenvalue weighted by Crippen LogP contribution is -2.33. The summed E-state index contributed by atoms with van der Waals surface area (Å²) in [7, 11) is 0. The Morgan fingerprint density at radius 3 is 2.11 bits per heavy atom. The van der Waals surface area contributed by atoms with Crippen molar-refractivity contribution < 1.29 is 53.5 Å². The Kier molecular flexibility index (Phi) is 10.0. The van der Waals surface area contributed by atoms with E-state index >= 15 is 0 Å². The van der Waals surface area contributed by atoms with Crippen LogP contribution in [0.5, 0.6) is 0 Å². The predicted octanol–water partition coefficient (Wildman–Crippen LogP) is 8.42. The summed E-state index contributed by atoms with van der Waals surface area (Å²) in [6.45, 7) is -1.71. The molecule has 2 rings (SSSR count). The minimum Gasteiger partial charge on any atom is -0.347 e. The van der Waals surface area contributed by atoms with Gasteiger partial charge in [-0.15, -0.1) is 0 Å². The lowest BCUT2D eigenvalue weighted by Gasteiger charge is -2.19. The van der Waals surface area contributed by atoms with Crippen molar-refractivity contribution in [2.45, 2.75) is 37.3 Å². The second-order valence-electron chi connectivity index (χ2n) is 7.78. The maximum atomic E-state index is 14.8. The highest BCUT2D eigenvalue weighted by Gasteiger charge is 2.40. The summed E-state index contributed by atoms with van der Waals surface area (Å²) in [5, 5.41) is 1.33. The number of carbonyl (C=O) groups is 2. The Balaban J connectivity index is 2.38. The maximum absolute atomic E-state index is 14.8. The van der Waals surface area contributed by atoms with Crippen molar-refractivity contribution >= 4 is 45.0 Å². The minimum absolute atomic E-state index is 0.0571. The summed E-state index contributed by atoms with van der Waals surface area (Å²) in [6.07, 6.45) is -16.8. The number of allylic oxidation sites excluding steroid dienone is 1. The molecule has 0 fully saturated rings. The zero-order valence-corrected chi connectivity index (χ0v) is 20.9. The Hall–Kier alpha value is -2.61. The molecule has 0 aliphatic carbocycles. The fourth-order valence-corrected chi connectivity index (χ4v) is 3.58. The number of alkyl halides is 9. The molecule has 0 heterocycles. The number of nitrogens with one attached hydrogen (secondary N) is 1. The van der Waals surface area contributed by atoms with Gasteiger partial charge in [-0.25, -0.2) is 4.39 Å². The standard InChI is InChI=1S/C23H15BrClF10NO2/c24-16-4-2-11(8-17(16)25)14(22(30,31)32)9-18(26)12-1-3-13(15(7-12)23(33,34)35)19(37)5-6-20(38)36-10-21(27,28)29/h1-4,7-9,14H,5-6,10H2,(H,36,38)/b18-9-. The van der Waals surface area contributed by atoms with E-state index in [9.17, 15) is 53.5 Å². The lowest BCUT2D eigenvalue weighted by molar-refractivity contribution is -0.140. The van der Waals surface area contributed by atoms with E-state index in [1.54, 1.807) is 0 Å². The largest absolute Gasteiger partial charge is 0.417 e. The average Bonchev–Trinajstić information content (AvgIpc) is 2.79. The second kappa shape index (κ2) is 12.1. The Morgan fingerprint density at radius 1 is 0.947 bits per heavy atom. The number of rotatable bonds is 8. The van der Waals surface area contributed by atoms with E-state index in [1.807, 2.05) is 0 Å². The van der Waals surface area contributed by atoms with E-state index in [1.165, 1.54) is 11.4 Å². The maximum Gasteiger partial charge on any atom is 0.417 e. The molecular formula is C23H15BrClF10NO2. The summed E-state index contributed by atoms with van der Waals surface area (Å²) in [6, 6.07) is 4.35. The molecule has 3 nitrogen and oxygen atoms in total. The van der Waals surface area contributed by atoms with Crippen molar-refractivity contribution in [2.24, 2.45) is 0 Å². The Labute approximate surface area is 222 Å². The molecule has 208 valence electrons. The van der Waals surface area contributed by atoms with Gasteiger partial charge < -0.3 is 5.32 Å². The van der Waals surface area contributed by atoms with Gasteiger partial charge in [0.2, 0.25) is 5.91 Å². The van der Waals surface area contributed by atoms with Gasteiger partial charge in [-0.1, -0.05) is 29.8 Å². The smallest absolute Gasteiger partial charge is 0.347 e. The first-order valence-corrected chi connectivity index (χ1v) is 11.4. The van der Waals surface area contributed by atoms with Crippen LogP contribution in [0.3, 0.4) is 0 Å². The first kappa shape index (κ1) is 31.6. The van der Waals surface area contributed by atoms with Gasteiger partial charge in [0, 0.05) is 28.4 Å². The van der Waals surface area contributed by atoms with Crippen LogP contribution in [0.1, 0.15) is 45.8 Å². The first-order chi connectivity index (χ1) is 17.3. The van der Waals surface area contributed by atoms with Crippen LogP contribution in [-0.2, 0) is 11.0 Å². The highest BCUT2D eigenvalue weighted by molar-refractivity contribution is 9.10. The molecule has 1 N–H and O–H groups in total. The van der Waals surface area contributed by atoms with Gasteiger partial charge >= 0.3 is 18.5 Å². The van der Waals surface area contributed by atoms with E-state index in [4.69, 9.17) is 11.6 Å². The van der Waals surface area contributed by atoms with Crippen molar-refractivity contribution in [3.8, 4) is 0 Å². The molecule has 0 radical (unpaired) electrons. The number of benzene rings is 2. The molecule has 0 bridgehead atoms. The molecule has 2 aromatic carbocycles. The van der Waals surface area contributed by atoms with Crippen molar-refractivity contribution in [2.75, 3.05) is 6.54 Å². The first-order valence-electron chi connectivity index (χ1n) is 10.3. The molecular weight excluding hydrogens is 628 g/mol. The van der Waals surface area contributed by atoms with Crippen molar-refractivity contribution in [3.05, 3.63) is 74.2 Å². The number of carbonyl (C=O) groups excluding carboxylic acids is 2. The van der Waals surface area contributed by atoms with E-state index in [0.29, 0.717) is 12.1 Å². The van der Waals surface area contributed by atoms with Crippen LogP contribution in [-0.4, -0.2) is 30.6 Å². The summed E-state index contributed by atoms with van der Waals surface area (Å²) < 4.78 is 133. The molecule has 0 aromatic heterocycles. The molecule has 0 saturated carbocycles. The highest BCUT2D eigenvalue weighted by Crippen LogP contribution is 2.41. The van der Waals surface area contributed by atoms with Gasteiger partial charge in [0.1, 0.15) is 18.3 Å². The van der Waals surface area contributed by atoms with Gasteiger partial charge in [0.25, 0.3) is 0 Å². The van der Waals surface area contributed by atoms with E-state index in [2.05, 4.69) is 15.9 Å². The molecule has 1 amide bonds. The highest BCUT2D eigenvalue weighted by atomic mass is 79.9. The number of amides is 1. The monoisotopic (exact) mass is 641 g/mol. The fourth-order valence-electron chi connectivity index (χ4n) is 3.15. The number of ketones is 1. The summed E-state index contributed by atoms with van der Waals surface area (Å²) in [4.78, 5) is 23.7. The van der Waals surface area contributed by atoms with Crippen LogP contribution in [0.4, 0.5) is 43.9 Å². The summed E-state index contributed by atoms with van der Waals surface area (Å²) >= 11 is 8.79. The van der Waals surface area contributed by atoms with Crippen LogP contribution in [0.2, 0.25) is 5.02 Å². The van der Waals surface area contributed by atoms with E-state index in [0.717, 1.165) is 12.1 Å². The van der Waals surface area contributed by atoms with E-state index < -0.39 is 83.6 Å². The molecule has 15 heteroatoms. The quantitative estimate of drug-likeness (QED) is 0.232. The van der Waals surface area contributed by atoms with Gasteiger partial charge in [0.15, 0.2) is 5.78 Å². The zero-order chi connectivity index (χ0) is 29.1. The molecule has 2 aromatic rings. The normalized spacial score (nSPS) is 13.8. The molecule has 38 heavy (non-hydrogen) atoms. The number of hydrogen-bond donors (Lipinski definition) is 1. The molecule has 0 aliphatic heterocycles. The Bertz CT molecular complexity index is 1220. The SMILES string of the molecule is O=C(CCC(=O)c1ccc(/C(F)=C/C(c2ccc(Br)c(Cl)c2)C(F)(F)F)cc1C(F)(F)F)NCC(F)(F)F. The topological polar surface area (TPSA) is 46.2 Å². The van der Waals surface area contributed by atoms with E-state index in [-0.39, 0.29) is 21.6 Å². The van der Waals surface area contributed by atoms with Crippen LogP contribution in [0.15, 0.2) is 46.9 Å². The molecule has 0 aliphatic rings. The van der Waals surface area contributed by atoms with Crippen LogP contribution in [0.25, 0.3) is 5.83 Å². The average molecular weight is 643 g/mol. The van der Waals surface area contributed by atoms with Crippen LogP contribution in [0, 0.1) is 0 Å². The van der Waals surface area contributed by atoms with Gasteiger partial charge in [-0.3, -0.25) is 9.59 Å². The molecule has 0 saturated heterocycles. The predicted molar refractivity (Wildman–Crippen MR) is 121 cm³/mol. The summed E-state index contributed by atoms with van der Waals surface area (Å²) in [5.74, 6) is -6.81. The number of halogens is 12. The summed E-state index contributed by atoms with van der Waals surface area (Å²) in [5.41, 5.74) is -4.15. The van der Waals surface area contributed by atoms with Gasteiger partial charge in [0.05, 0.1) is 10.6 Å². The molecule has 1 atom stereocenters. The Morgan fingerprint density at radius 2 is 1.58 bits per heavy atom. The van der Waals surface area contributed by atoms with Gasteiger partial charge in [-0.2, -0.15) is 39.5 Å². The second-order valence-corrected chi connectivity index (χ2v) is 9.04. The van der Waals surface area contributed by atoms with Crippen LogP contribution < -0.4 is 5.32 Å². The van der Waals surface area contributed by atoms with Crippen LogP contribution >= 0.6 is 27.5 Å². The van der Waals surface area contributed by atoms with Gasteiger partial charge in [-0.05, 0) is 45.8 Å². The molecule has 1 unspecified atom stereocenters. The number of Topliss-reactive ketones (excluding diaryl/α,β-unsaturated/α-hetero) is 1. The van der Waals surface area contributed by atoms with Crippen molar-refractivity contribution in [1.29, 1.82) is 0 Å². The van der Waals surface area contributed by atoms with Crippen molar-refractivity contribution in [1.82, 2.24) is 5.32 Å². The van der Waals surface area contributed by atoms with Crippen molar-refractivity contribution in [3.63, 3.8) is 0 Å². The number of hydrogen-bond acceptors (Lipinski definition) is 2. The third kappa shape index (κ3) is 9.00. The third-order valence-electron chi connectivity index (χ3n) is 4.93. The third-order valence-corrected chi connectivity index (χ3v) is 6.17.